The number of aromatic nitrogens is 11. The molecular weight excluding hydrogens is 849 g/mol. The molecule has 338 valence electrons. The van der Waals surface area contributed by atoms with Crippen molar-refractivity contribution in [3.8, 4) is 23.0 Å². The van der Waals surface area contributed by atoms with Crippen LogP contribution in [0.15, 0.2) is 120 Å². The van der Waals surface area contributed by atoms with Crippen molar-refractivity contribution in [2.45, 2.75) is 63.8 Å². The minimum Gasteiger partial charge on any atom is -0.378 e. The molecule has 7 aromatic rings. The highest BCUT2D eigenvalue weighted by Gasteiger charge is 2.57. The van der Waals surface area contributed by atoms with Gasteiger partial charge in [-0.15, -0.1) is 25.0 Å². The van der Waals surface area contributed by atoms with E-state index in [1.807, 2.05) is 90.8 Å². The van der Waals surface area contributed by atoms with Gasteiger partial charge in [0.05, 0.1) is 19.1 Å². The maximum absolute atomic E-state index is 14.1. The fraction of sp³-hybridized carbons (Fsp3) is 0.298. The van der Waals surface area contributed by atoms with Crippen LogP contribution >= 0.6 is 0 Å². The molecule has 0 radical (unpaired) electrons. The van der Waals surface area contributed by atoms with Crippen molar-refractivity contribution in [3.05, 3.63) is 139 Å². The van der Waals surface area contributed by atoms with Crippen LogP contribution in [0.3, 0.4) is 0 Å². The van der Waals surface area contributed by atoms with Gasteiger partial charge >= 0.3 is 0 Å². The molecule has 67 heavy (non-hydrogen) atoms. The highest BCUT2D eigenvalue weighted by atomic mass is 16.2. The number of aliphatic imine (C=N–C) groups is 1. The van der Waals surface area contributed by atoms with E-state index in [2.05, 4.69) is 66.6 Å². The van der Waals surface area contributed by atoms with Crippen molar-refractivity contribution < 1.29 is 14.2 Å². The Morgan fingerprint density at radius 1 is 0.731 bits per heavy atom. The fourth-order valence-corrected chi connectivity index (χ4v) is 9.34. The molecule has 20 heteroatoms. The molecule has 1 saturated heterocycles. The second kappa shape index (κ2) is 18.4. The quantitative estimate of drug-likeness (QED) is 0.101. The molecule has 2 amide bonds. The van der Waals surface area contributed by atoms with E-state index in [0.29, 0.717) is 69.3 Å². The molecule has 3 aliphatic rings. The van der Waals surface area contributed by atoms with Crippen molar-refractivity contribution in [1.29, 1.82) is 0 Å². The maximum atomic E-state index is 14.1. The summed E-state index contributed by atoms with van der Waals surface area (Å²) in [7, 11) is 3.78. The topological polar surface area (TPSA) is 233 Å². The van der Waals surface area contributed by atoms with Crippen LogP contribution in [0.1, 0.15) is 76.6 Å². The number of nitrogens with zero attached hydrogens (tertiary/aromatic N) is 14. The summed E-state index contributed by atoms with van der Waals surface area (Å²) in [5.74, 6) is 4.05. The van der Waals surface area contributed by atoms with E-state index < -0.39 is 0 Å². The average molecular weight is 898 g/mol. The molecule has 3 atom stereocenters. The van der Waals surface area contributed by atoms with Crippen LogP contribution in [0, 0.1) is 5.92 Å². The molecule has 2 aromatic carbocycles. The van der Waals surface area contributed by atoms with E-state index in [1.165, 1.54) is 12.7 Å². The molecule has 4 N–H and O–H groups in total. The number of hydrogen-bond donors (Lipinski definition) is 4. The van der Waals surface area contributed by atoms with E-state index in [-0.39, 0.29) is 35.9 Å². The average Bonchev–Trinajstić information content (AvgIpc) is 4.03. The number of hydrogen-bond acceptors (Lipinski definition) is 15. The van der Waals surface area contributed by atoms with E-state index in [4.69, 9.17) is 10.1 Å². The van der Waals surface area contributed by atoms with Gasteiger partial charge in [0.1, 0.15) is 42.7 Å². The zero-order chi connectivity index (χ0) is 45.9. The zero-order valence-electron chi connectivity index (χ0n) is 37.2. The monoisotopic (exact) mass is 897 g/mol. The second-order valence-electron chi connectivity index (χ2n) is 17.0. The third kappa shape index (κ3) is 8.73. The summed E-state index contributed by atoms with van der Waals surface area (Å²) in [6.07, 6.45) is 13.1. The van der Waals surface area contributed by atoms with Gasteiger partial charge < -0.3 is 30.4 Å². The van der Waals surface area contributed by atoms with Gasteiger partial charge in [-0.2, -0.15) is 4.99 Å². The Hall–Kier alpha value is -8.13. The van der Waals surface area contributed by atoms with Crippen LogP contribution in [0.25, 0.3) is 23.0 Å². The first-order chi connectivity index (χ1) is 32.7. The zero-order valence-corrected chi connectivity index (χ0v) is 37.2. The van der Waals surface area contributed by atoms with Gasteiger partial charge in [0.15, 0.2) is 29.1 Å². The van der Waals surface area contributed by atoms with Crippen LogP contribution in [-0.4, -0.2) is 101 Å². The van der Waals surface area contributed by atoms with Gasteiger partial charge in [-0.25, -0.2) is 19.9 Å². The van der Waals surface area contributed by atoms with Gasteiger partial charge in [0, 0.05) is 87.6 Å². The lowest BCUT2D eigenvalue weighted by Gasteiger charge is -2.49. The number of amidine groups is 2. The Bertz CT molecular complexity index is 2970. The molecule has 20 nitrogen and oxygen atoms in total. The lowest BCUT2D eigenvalue weighted by molar-refractivity contribution is -0.884. The summed E-state index contributed by atoms with van der Waals surface area (Å²) in [4.78, 5) is 53.8. The van der Waals surface area contributed by atoms with E-state index >= 15 is 0 Å². The van der Waals surface area contributed by atoms with Crippen LogP contribution in [0.2, 0.25) is 0 Å². The van der Waals surface area contributed by atoms with Crippen molar-refractivity contribution in [2.24, 2.45) is 30.1 Å². The van der Waals surface area contributed by atoms with Crippen LogP contribution in [0.4, 0.5) is 11.4 Å². The van der Waals surface area contributed by atoms with E-state index in [9.17, 15) is 9.59 Å². The summed E-state index contributed by atoms with van der Waals surface area (Å²) in [6, 6.07) is 22.0. The molecule has 1 saturated carbocycles. The molecule has 0 bridgehead atoms. The Kier molecular flexibility index (Phi) is 11.8. The number of rotatable bonds is 15. The van der Waals surface area contributed by atoms with Crippen molar-refractivity contribution in [2.75, 3.05) is 17.2 Å². The highest BCUT2D eigenvalue weighted by Crippen LogP contribution is 2.47. The van der Waals surface area contributed by atoms with Gasteiger partial charge in [0.2, 0.25) is 0 Å². The van der Waals surface area contributed by atoms with Gasteiger partial charge in [-0.1, -0.05) is 17.2 Å². The first-order valence-electron chi connectivity index (χ1n) is 22.2. The van der Waals surface area contributed by atoms with Crippen molar-refractivity contribution in [1.82, 2.24) is 65.1 Å². The number of anilines is 2. The fourth-order valence-electron chi connectivity index (χ4n) is 9.34. The summed E-state index contributed by atoms with van der Waals surface area (Å²) in [6.45, 7) is 3.51. The molecule has 0 spiro atoms. The number of piperidine rings is 1. The minimum absolute atomic E-state index is 0.133. The van der Waals surface area contributed by atoms with Crippen LogP contribution in [0.5, 0.6) is 0 Å². The van der Waals surface area contributed by atoms with E-state index in [0.717, 1.165) is 55.0 Å². The summed E-state index contributed by atoms with van der Waals surface area (Å²) < 4.78 is 4.14. The smallest absolute Gasteiger partial charge is 0.254 e. The first kappa shape index (κ1) is 42.8. The number of carbonyl (C=O) groups is 2. The number of carbonyl (C=O) groups excluding carboxylic acids is 2. The number of benzene rings is 2. The number of fused-ring (bicyclic) bond motifs is 1. The molecule has 2 aliphatic heterocycles. The normalized spacial score (nSPS) is 20.1. The number of nitrogens with one attached hydrogen (secondary N) is 4. The van der Waals surface area contributed by atoms with Crippen LogP contribution < -0.4 is 21.3 Å². The molecule has 7 heterocycles. The van der Waals surface area contributed by atoms with Gasteiger partial charge in [-0.05, 0) is 78.6 Å². The Morgan fingerprint density at radius 3 is 1.90 bits per heavy atom. The predicted octanol–water partition coefficient (Wildman–Crippen LogP) is 4.88. The molecule has 10 rings (SSSR count). The largest absolute Gasteiger partial charge is 0.378 e. The Balaban J connectivity index is 0.785. The maximum Gasteiger partial charge on any atom is 0.254 e. The van der Waals surface area contributed by atoms with Gasteiger partial charge in [-0.3, -0.25) is 14.6 Å². The third-order valence-corrected chi connectivity index (χ3v) is 12.9. The van der Waals surface area contributed by atoms with Gasteiger partial charge in [0.25, 0.3) is 17.6 Å². The van der Waals surface area contributed by atoms with Crippen LogP contribution in [-0.2, 0) is 27.2 Å². The van der Waals surface area contributed by atoms with Crippen molar-refractivity contribution >= 4 is 34.9 Å². The SMILES string of the molecule is CC1=N[N+]2(C3CC(C(NC(=O)c4cccc(NCc5nnc(-c6ccncn6)n5C)c4)c4ccncc4)C3)CCCC(NC(=O)c3cccc(NCc4nnc(-c5ccncn5)n4C)c3)C2=N1. The highest BCUT2D eigenvalue weighted by molar-refractivity contribution is 6.02. The second-order valence-corrected chi connectivity index (χ2v) is 17.0. The first-order valence-corrected chi connectivity index (χ1v) is 22.2. The standard InChI is InChI=1S/C47H48N18O2/c1-29-55-45-39(56-46(66)31-7-4-9-34(21-31)51-25-40-58-60-43(63(40)2)37-14-18-49-27-53-37)11-6-20-65(45,62-29)36-23-33(24-36)42(30-12-16-48-17-13-30)57-47(67)32-8-5-10-35(22-32)52-26-41-59-61-44(64(41)3)38-15-19-50-28-54-38/h4-5,7-10,12-19,21-22,27-28,33,36,39,42,51-52H,6,11,20,23-26H2,1-3H3,(H-,56,57,66,67)/p+1. The summed E-state index contributed by atoms with van der Waals surface area (Å²) in [5, 5.41) is 36.0. The van der Waals surface area contributed by atoms with Crippen molar-refractivity contribution in [3.63, 3.8) is 0 Å². The number of pyridine rings is 1. The molecule has 5 aromatic heterocycles. The Labute approximate surface area is 385 Å². The predicted molar refractivity (Wildman–Crippen MR) is 249 cm³/mol. The Morgan fingerprint density at radius 2 is 1.31 bits per heavy atom. The third-order valence-electron chi connectivity index (χ3n) is 12.9. The summed E-state index contributed by atoms with van der Waals surface area (Å²) >= 11 is 0. The number of quaternary nitrogens is 1. The minimum atomic E-state index is -0.289. The lowest BCUT2D eigenvalue weighted by atomic mass is 9.71. The molecule has 3 unspecified atom stereocenters. The molecule has 1 aliphatic carbocycles. The molecular formula is C47H49N18O2+. The molecule has 2 fully saturated rings. The van der Waals surface area contributed by atoms with E-state index in [1.54, 1.807) is 36.9 Å². The summed E-state index contributed by atoms with van der Waals surface area (Å²) in [5.41, 5.74) is 4.97. The number of amides is 2. The lowest BCUT2D eigenvalue weighted by Crippen LogP contribution is -2.67.